The van der Waals surface area contributed by atoms with Gasteiger partial charge in [-0.25, -0.2) is 0 Å². The smallest absolute Gasteiger partial charge is 0.194 e. The molecule has 8 heteroatoms. The molecule has 0 bridgehead atoms. The molecule has 8 nitrogen and oxygen atoms in total. The van der Waals surface area contributed by atoms with Gasteiger partial charge in [-0.3, -0.25) is 20.6 Å². The predicted molar refractivity (Wildman–Crippen MR) is 139 cm³/mol. The summed E-state index contributed by atoms with van der Waals surface area (Å²) in [5.74, 6) is 0.727. The van der Waals surface area contributed by atoms with Crippen LogP contribution in [0.4, 0.5) is 0 Å². The maximum absolute atomic E-state index is 8.22. The number of ether oxygens (including phenoxy) is 2. The Morgan fingerprint density at radius 2 is 1.06 bits per heavy atom. The van der Waals surface area contributed by atoms with Crippen molar-refractivity contribution in [2.75, 3.05) is 40.4 Å². The van der Waals surface area contributed by atoms with E-state index in [-0.39, 0.29) is 0 Å². The number of nitrogens with one attached hydrogen (secondary N) is 4. The van der Waals surface area contributed by atoms with Crippen molar-refractivity contribution in [2.45, 2.75) is 114 Å². The van der Waals surface area contributed by atoms with Crippen LogP contribution in [0.1, 0.15) is 78.1 Å². The molecular weight excluding hydrogens is 428 g/mol. The first kappa shape index (κ1) is 27.4. The van der Waals surface area contributed by atoms with Crippen LogP contribution in [-0.2, 0) is 9.47 Å². The summed E-state index contributed by atoms with van der Waals surface area (Å²) in [4.78, 5) is 5.04. The minimum absolute atomic E-state index is 0.364. The second kappa shape index (κ2) is 13.8. The van der Waals surface area contributed by atoms with Gasteiger partial charge in [-0.1, -0.05) is 25.7 Å². The van der Waals surface area contributed by atoms with Crippen molar-refractivity contribution in [2.24, 2.45) is 0 Å². The molecule has 0 spiro atoms. The highest BCUT2D eigenvalue weighted by Gasteiger charge is 2.35. The Balaban J connectivity index is 1.81. The van der Waals surface area contributed by atoms with E-state index in [1.54, 1.807) is 14.2 Å². The zero-order valence-corrected chi connectivity index (χ0v) is 22.1. The second-order valence-electron chi connectivity index (χ2n) is 10.8. The number of hydrogen-bond acceptors (Lipinski definition) is 8. The molecule has 3 aliphatic rings. The zero-order valence-electron chi connectivity index (χ0n) is 22.1. The molecule has 3 rings (SSSR count). The summed E-state index contributed by atoms with van der Waals surface area (Å²) in [5.41, 5.74) is 0. The number of methoxy groups -OCH3 is 2. The Labute approximate surface area is 207 Å². The van der Waals surface area contributed by atoms with Crippen molar-refractivity contribution in [3.05, 3.63) is 0 Å². The lowest BCUT2D eigenvalue weighted by atomic mass is 9.87. The van der Waals surface area contributed by atoms with E-state index in [0.717, 1.165) is 25.9 Å². The lowest BCUT2D eigenvalue weighted by Gasteiger charge is -2.44. The third kappa shape index (κ3) is 7.90. The van der Waals surface area contributed by atoms with Crippen LogP contribution in [0.3, 0.4) is 0 Å². The predicted octanol–water partition coefficient (Wildman–Crippen LogP) is 3.21. The summed E-state index contributed by atoms with van der Waals surface area (Å²) in [6.07, 6.45) is 12.0. The molecule has 6 unspecified atom stereocenters. The van der Waals surface area contributed by atoms with Crippen molar-refractivity contribution in [3.63, 3.8) is 0 Å². The Hall–Kier alpha value is -1.22. The third-order valence-electron chi connectivity index (χ3n) is 8.28. The average molecular weight is 479 g/mol. The molecule has 0 aromatic rings. The zero-order chi connectivity index (χ0) is 24.5. The number of fused-ring (bicyclic) bond motifs is 2. The van der Waals surface area contributed by atoms with E-state index in [1.807, 2.05) is 0 Å². The van der Waals surface area contributed by atoms with E-state index in [0.29, 0.717) is 61.1 Å². The van der Waals surface area contributed by atoms with Crippen molar-refractivity contribution >= 4 is 11.8 Å². The van der Waals surface area contributed by atoms with Crippen molar-refractivity contribution in [3.8, 4) is 0 Å². The SMILES string of the molecule is COC(=N)CN1CCC(C)NC2CCCCC2N(CC(=N)OC)CCC(C)NC2CCCCC21. The fourth-order valence-electron chi connectivity index (χ4n) is 6.32. The van der Waals surface area contributed by atoms with E-state index in [2.05, 4.69) is 34.3 Å². The lowest BCUT2D eigenvalue weighted by molar-refractivity contribution is 0.0967. The Bertz CT molecular complexity index is 593. The topological polar surface area (TPSA) is 96.7 Å². The highest BCUT2D eigenvalue weighted by atomic mass is 16.5. The normalized spacial score (nSPS) is 34.8. The summed E-state index contributed by atoms with van der Waals surface area (Å²) >= 11 is 0. The van der Waals surface area contributed by atoms with Crippen LogP contribution in [0.15, 0.2) is 0 Å². The average Bonchev–Trinajstić information content (AvgIpc) is 2.84. The minimum atomic E-state index is 0.364. The molecule has 3 fully saturated rings. The Kier molecular flexibility index (Phi) is 11.1. The van der Waals surface area contributed by atoms with Crippen molar-refractivity contribution in [1.82, 2.24) is 20.4 Å². The first-order chi connectivity index (χ1) is 16.4. The first-order valence-corrected chi connectivity index (χ1v) is 13.6. The molecule has 0 amide bonds. The second-order valence-corrected chi connectivity index (χ2v) is 10.8. The summed E-state index contributed by atoms with van der Waals surface area (Å²) in [5, 5.41) is 24.4. The minimum Gasteiger partial charge on any atom is -0.484 e. The van der Waals surface area contributed by atoms with Gasteiger partial charge < -0.3 is 20.1 Å². The molecule has 4 N–H and O–H groups in total. The van der Waals surface area contributed by atoms with Crippen LogP contribution in [-0.4, -0.2) is 98.2 Å². The standard InChI is InChI=1S/C26H50N6O2/c1-19-13-15-31(17-25(27)33-3)24-12-8-6-10-22(24)30-20(2)14-16-32(18-26(28)34-4)23-11-7-5-9-21(23)29-19/h19-24,27-30H,5-18H2,1-4H3. The lowest BCUT2D eigenvalue weighted by Crippen LogP contribution is -2.58. The van der Waals surface area contributed by atoms with E-state index in [1.165, 1.54) is 51.4 Å². The van der Waals surface area contributed by atoms with Gasteiger partial charge in [0.05, 0.1) is 27.3 Å². The van der Waals surface area contributed by atoms with Gasteiger partial charge in [-0.2, -0.15) is 0 Å². The number of rotatable bonds is 4. The molecule has 1 aliphatic heterocycles. The van der Waals surface area contributed by atoms with Crippen LogP contribution < -0.4 is 10.6 Å². The number of hydrogen-bond donors (Lipinski definition) is 4. The molecule has 2 aliphatic carbocycles. The maximum atomic E-state index is 8.22. The van der Waals surface area contributed by atoms with Gasteiger partial charge in [0.15, 0.2) is 11.8 Å². The van der Waals surface area contributed by atoms with E-state index in [4.69, 9.17) is 20.3 Å². The van der Waals surface area contributed by atoms with E-state index in [9.17, 15) is 0 Å². The molecule has 2 saturated carbocycles. The van der Waals surface area contributed by atoms with Gasteiger partial charge in [0.1, 0.15) is 0 Å². The van der Waals surface area contributed by atoms with Gasteiger partial charge in [-0.15, -0.1) is 0 Å². The molecule has 0 aromatic heterocycles. The van der Waals surface area contributed by atoms with Crippen LogP contribution in [0.2, 0.25) is 0 Å². The van der Waals surface area contributed by atoms with Crippen molar-refractivity contribution in [1.29, 1.82) is 10.8 Å². The van der Waals surface area contributed by atoms with Gasteiger partial charge in [0.2, 0.25) is 0 Å². The van der Waals surface area contributed by atoms with Crippen LogP contribution in [0, 0.1) is 10.8 Å². The third-order valence-corrected chi connectivity index (χ3v) is 8.28. The molecule has 1 saturated heterocycles. The van der Waals surface area contributed by atoms with Crippen molar-refractivity contribution < 1.29 is 9.47 Å². The molecule has 0 aromatic carbocycles. The summed E-state index contributed by atoms with van der Waals surface area (Å²) in [6, 6.07) is 2.61. The number of nitrogens with zero attached hydrogens (tertiary/aromatic N) is 2. The Morgan fingerprint density at radius 3 is 1.44 bits per heavy atom. The van der Waals surface area contributed by atoms with Gasteiger partial charge >= 0.3 is 0 Å². The fraction of sp³-hybridized carbons (Fsp3) is 0.923. The van der Waals surface area contributed by atoms with Gasteiger partial charge in [-0.05, 0) is 52.4 Å². The molecule has 0 radical (unpaired) electrons. The van der Waals surface area contributed by atoms with Crippen LogP contribution in [0.25, 0.3) is 0 Å². The van der Waals surface area contributed by atoms with Crippen LogP contribution >= 0.6 is 0 Å². The first-order valence-electron chi connectivity index (χ1n) is 13.6. The maximum Gasteiger partial charge on any atom is 0.194 e. The summed E-state index contributed by atoms with van der Waals surface area (Å²) < 4.78 is 10.6. The molecule has 1 heterocycles. The monoisotopic (exact) mass is 478 g/mol. The molecule has 196 valence electrons. The van der Waals surface area contributed by atoms with E-state index >= 15 is 0 Å². The van der Waals surface area contributed by atoms with Gasteiger partial charge in [0.25, 0.3) is 0 Å². The van der Waals surface area contributed by atoms with Gasteiger partial charge in [0, 0.05) is 49.3 Å². The van der Waals surface area contributed by atoms with Crippen LogP contribution in [0.5, 0.6) is 0 Å². The summed E-state index contributed by atoms with van der Waals surface area (Å²) in [6.45, 7) is 7.78. The molecule has 6 atom stereocenters. The quantitative estimate of drug-likeness (QED) is 0.366. The molecule has 34 heavy (non-hydrogen) atoms. The largest absolute Gasteiger partial charge is 0.484 e. The van der Waals surface area contributed by atoms with E-state index < -0.39 is 0 Å². The fourth-order valence-corrected chi connectivity index (χ4v) is 6.32. The highest BCUT2D eigenvalue weighted by molar-refractivity contribution is 5.75. The summed E-state index contributed by atoms with van der Waals surface area (Å²) in [7, 11) is 3.24. The Morgan fingerprint density at radius 1 is 0.676 bits per heavy atom. The molecular formula is C26H50N6O2. The highest BCUT2D eigenvalue weighted by Crippen LogP contribution is 2.27.